The van der Waals surface area contributed by atoms with Crippen LogP contribution in [-0.4, -0.2) is 18.9 Å². The van der Waals surface area contributed by atoms with Crippen molar-refractivity contribution in [1.29, 1.82) is 0 Å². The number of ketones is 1. The minimum absolute atomic E-state index is 0.0536. The van der Waals surface area contributed by atoms with Gasteiger partial charge < -0.3 is 4.74 Å². The molecule has 3 heteroatoms. The zero-order chi connectivity index (χ0) is 9.14. The molecule has 0 saturated heterocycles. The van der Waals surface area contributed by atoms with Gasteiger partial charge in [0.1, 0.15) is 0 Å². The van der Waals surface area contributed by atoms with Crippen LogP contribution in [0.4, 0.5) is 0 Å². The van der Waals surface area contributed by atoms with Crippen molar-refractivity contribution in [3.63, 3.8) is 0 Å². The van der Waals surface area contributed by atoms with Gasteiger partial charge in [-0.1, -0.05) is 5.57 Å². The topological polar surface area (TPSA) is 43.4 Å². The van der Waals surface area contributed by atoms with Gasteiger partial charge in [0.05, 0.1) is 13.5 Å². The Hall–Kier alpha value is -1.12. The van der Waals surface area contributed by atoms with Gasteiger partial charge in [-0.3, -0.25) is 9.59 Å². The second kappa shape index (κ2) is 3.52. The maximum Gasteiger partial charge on any atom is 0.306 e. The van der Waals surface area contributed by atoms with E-state index in [4.69, 9.17) is 0 Å². The average Bonchev–Trinajstić information content (AvgIpc) is 2.30. The molecule has 0 amide bonds. The van der Waals surface area contributed by atoms with Crippen molar-refractivity contribution in [2.75, 3.05) is 7.11 Å². The SMILES string of the molecule is COC(=O)CC1CC(C)=CC1=O. The van der Waals surface area contributed by atoms with Crippen LogP contribution in [0.2, 0.25) is 0 Å². The van der Waals surface area contributed by atoms with E-state index in [9.17, 15) is 9.59 Å². The molecule has 0 N–H and O–H groups in total. The molecule has 0 radical (unpaired) electrons. The fourth-order valence-corrected chi connectivity index (χ4v) is 1.37. The largest absolute Gasteiger partial charge is 0.469 e. The van der Waals surface area contributed by atoms with E-state index >= 15 is 0 Å². The summed E-state index contributed by atoms with van der Waals surface area (Å²) in [7, 11) is 1.34. The van der Waals surface area contributed by atoms with Gasteiger partial charge in [0.2, 0.25) is 0 Å². The van der Waals surface area contributed by atoms with Crippen LogP contribution in [0.25, 0.3) is 0 Å². The number of hydrogen-bond donors (Lipinski definition) is 0. The van der Waals surface area contributed by atoms with Crippen molar-refractivity contribution >= 4 is 11.8 Å². The van der Waals surface area contributed by atoms with Crippen molar-refractivity contribution in [2.24, 2.45) is 5.92 Å². The predicted molar refractivity (Wildman–Crippen MR) is 43.5 cm³/mol. The number of rotatable bonds is 2. The molecule has 0 heterocycles. The van der Waals surface area contributed by atoms with Crippen LogP contribution >= 0.6 is 0 Å². The first kappa shape index (κ1) is 8.97. The maximum absolute atomic E-state index is 11.2. The summed E-state index contributed by atoms with van der Waals surface area (Å²) in [6, 6.07) is 0. The van der Waals surface area contributed by atoms with Crippen molar-refractivity contribution in [3.8, 4) is 0 Å². The van der Waals surface area contributed by atoms with Crippen LogP contribution in [0.15, 0.2) is 11.6 Å². The van der Waals surface area contributed by atoms with Gasteiger partial charge in [-0.2, -0.15) is 0 Å². The normalized spacial score (nSPS) is 22.3. The van der Waals surface area contributed by atoms with Gasteiger partial charge in [-0.15, -0.1) is 0 Å². The molecule has 1 rings (SSSR count). The van der Waals surface area contributed by atoms with Crippen LogP contribution in [0, 0.1) is 5.92 Å². The summed E-state index contributed by atoms with van der Waals surface area (Å²) in [5.41, 5.74) is 1.05. The quantitative estimate of drug-likeness (QED) is 0.579. The summed E-state index contributed by atoms with van der Waals surface area (Å²) in [4.78, 5) is 22.0. The summed E-state index contributed by atoms with van der Waals surface area (Å²) in [5, 5.41) is 0. The summed E-state index contributed by atoms with van der Waals surface area (Å²) in [6.07, 6.45) is 2.52. The van der Waals surface area contributed by atoms with Crippen molar-refractivity contribution in [1.82, 2.24) is 0 Å². The van der Waals surface area contributed by atoms with Gasteiger partial charge >= 0.3 is 5.97 Å². The van der Waals surface area contributed by atoms with Gasteiger partial charge in [-0.05, 0) is 19.4 Å². The van der Waals surface area contributed by atoms with Gasteiger partial charge in [-0.25, -0.2) is 0 Å². The lowest BCUT2D eigenvalue weighted by Crippen LogP contribution is -2.13. The lowest BCUT2D eigenvalue weighted by molar-refractivity contribution is -0.143. The summed E-state index contributed by atoms with van der Waals surface area (Å²) < 4.78 is 4.48. The fraction of sp³-hybridized carbons (Fsp3) is 0.556. The highest BCUT2D eigenvalue weighted by atomic mass is 16.5. The molecule has 3 nitrogen and oxygen atoms in total. The van der Waals surface area contributed by atoms with Gasteiger partial charge in [0, 0.05) is 5.92 Å². The standard InChI is InChI=1S/C9H12O3/c1-6-3-7(8(10)4-6)5-9(11)12-2/h4,7H,3,5H2,1-2H3. The van der Waals surface area contributed by atoms with E-state index in [1.54, 1.807) is 6.08 Å². The Morgan fingerprint density at radius 2 is 2.42 bits per heavy atom. The van der Waals surface area contributed by atoms with E-state index in [1.807, 2.05) is 6.92 Å². The minimum Gasteiger partial charge on any atom is -0.469 e. The summed E-state index contributed by atoms with van der Waals surface area (Å²) in [6.45, 7) is 1.90. The minimum atomic E-state index is -0.309. The van der Waals surface area contributed by atoms with Crippen LogP contribution in [0.1, 0.15) is 19.8 Å². The molecule has 0 saturated carbocycles. The first-order chi connectivity index (χ1) is 5.63. The monoisotopic (exact) mass is 168 g/mol. The number of methoxy groups -OCH3 is 1. The number of esters is 1. The molecule has 0 aliphatic heterocycles. The zero-order valence-corrected chi connectivity index (χ0v) is 7.29. The van der Waals surface area contributed by atoms with E-state index < -0.39 is 0 Å². The number of ether oxygens (including phenoxy) is 1. The van der Waals surface area contributed by atoms with E-state index in [-0.39, 0.29) is 24.1 Å². The van der Waals surface area contributed by atoms with Crippen LogP contribution < -0.4 is 0 Å². The Morgan fingerprint density at radius 1 is 1.75 bits per heavy atom. The molecule has 66 valence electrons. The molecular formula is C9H12O3. The first-order valence-corrected chi connectivity index (χ1v) is 3.91. The molecule has 1 atom stereocenters. The van der Waals surface area contributed by atoms with Crippen molar-refractivity contribution in [3.05, 3.63) is 11.6 Å². The molecular weight excluding hydrogens is 156 g/mol. The zero-order valence-electron chi connectivity index (χ0n) is 7.29. The number of allylic oxidation sites excluding steroid dienone is 2. The Bertz CT molecular complexity index is 240. The smallest absolute Gasteiger partial charge is 0.306 e. The molecule has 0 fully saturated rings. The Morgan fingerprint density at radius 3 is 2.83 bits per heavy atom. The molecule has 0 spiro atoms. The number of hydrogen-bond acceptors (Lipinski definition) is 3. The van der Waals surface area contributed by atoms with E-state index in [0.29, 0.717) is 6.42 Å². The third-order valence-corrected chi connectivity index (χ3v) is 2.00. The fourth-order valence-electron chi connectivity index (χ4n) is 1.37. The van der Waals surface area contributed by atoms with E-state index in [0.717, 1.165) is 5.57 Å². The molecule has 0 aromatic heterocycles. The molecule has 0 aromatic carbocycles. The lowest BCUT2D eigenvalue weighted by Gasteiger charge is -2.05. The van der Waals surface area contributed by atoms with Gasteiger partial charge in [0.25, 0.3) is 0 Å². The summed E-state index contributed by atoms with van der Waals surface area (Å²) >= 11 is 0. The van der Waals surface area contributed by atoms with Crippen molar-refractivity contribution < 1.29 is 14.3 Å². The van der Waals surface area contributed by atoms with Crippen LogP contribution in [-0.2, 0) is 14.3 Å². The van der Waals surface area contributed by atoms with Crippen LogP contribution in [0.3, 0.4) is 0 Å². The number of carbonyl (C=O) groups is 2. The number of carbonyl (C=O) groups excluding carboxylic acids is 2. The highest BCUT2D eigenvalue weighted by Crippen LogP contribution is 2.24. The van der Waals surface area contributed by atoms with Gasteiger partial charge in [0.15, 0.2) is 5.78 Å². The Labute approximate surface area is 71.4 Å². The molecule has 0 bridgehead atoms. The highest BCUT2D eigenvalue weighted by Gasteiger charge is 2.25. The third kappa shape index (κ3) is 1.94. The third-order valence-electron chi connectivity index (χ3n) is 2.00. The average molecular weight is 168 g/mol. The lowest BCUT2D eigenvalue weighted by atomic mass is 10.0. The van der Waals surface area contributed by atoms with Crippen LogP contribution in [0.5, 0.6) is 0 Å². The molecule has 1 unspecified atom stereocenters. The Balaban J connectivity index is 2.47. The molecule has 0 aromatic rings. The second-order valence-corrected chi connectivity index (χ2v) is 3.07. The van der Waals surface area contributed by atoms with E-state index in [2.05, 4.69) is 4.74 Å². The molecule has 1 aliphatic rings. The predicted octanol–water partition coefficient (Wildman–Crippen LogP) is 1.08. The molecule has 12 heavy (non-hydrogen) atoms. The van der Waals surface area contributed by atoms with Crippen molar-refractivity contribution in [2.45, 2.75) is 19.8 Å². The maximum atomic E-state index is 11.2. The Kier molecular flexibility index (Phi) is 2.63. The highest BCUT2D eigenvalue weighted by molar-refractivity contribution is 5.97. The first-order valence-electron chi connectivity index (χ1n) is 3.91. The molecule has 1 aliphatic carbocycles. The van der Waals surface area contributed by atoms with E-state index in [1.165, 1.54) is 7.11 Å². The summed E-state index contributed by atoms with van der Waals surface area (Å²) in [5.74, 6) is -0.424. The second-order valence-electron chi connectivity index (χ2n) is 3.07.